The second-order valence-electron chi connectivity index (χ2n) is 3.67. The first-order valence-electron chi connectivity index (χ1n) is 5.19. The predicted octanol–water partition coefficient (Wildman–Crippen LogP) is 4.71. The summed E-state index contributed by atoms with van der Waals surface area (Å²) in [7, 11) is 0. The molecular formula is C12H7F3N4. The van der Waals surface area contributed by atoms with Crippen LogP contribution in [0.25, 0.3) is 21.7 Å². The van der Waals surface area contributed by atoms with Crippen LogP contribution in [0.2, 0.25) is 0 Å². The molecule has 1 aromatic heterocycles. The van der Waals surface area contributed by atoms with Gasteiger partial charge < -0.3 is 0 Å². The largest absolute Gasteiger partial charge is 0.417 e. The Balaban J connectivity index is 2.37. The Bertz CT molecular complexity index is 628. The molecule has 0 aliphatic heterocycles. The van der Waals surface area contributed by atoms with Gasteiger partial charge in [-0.25, -0.2) is 0 Å². The molecule has 7 heteroatoms. The number of nitrogens with zero attached hydrogens (tertiary/aromatic N) is 4. The molecule has 0 saturated heterocycles. The molecule has 0 N–H and O–H groups in total. The first kappa shape index (κ1) is 12.9. The average Bonchev–Trinajstić information content (AvgIpc) is 2.39. The lowest BCUT2D eigenvalue weighted by Crippen LogP contribution is -2.05. The summed E-state index contributed by atoms with van der Waals surface area (Å²) in [6.45, 7) is 0. The van der Waals surface area contributed by atoms with Crippen LogP contribution in [0.5, 0.6) is 0 Å². The predicted molar refractivity (Wildman–Crippen MR) is 63.5 cm³/mol. The fraction of sp³-hybridized carbons (Fsp3) is 0.0833. The Morgan fingerprint density at radius 2 is 1.95 bits per heavy atom. The van der Waals surface area contributed by atoms with Gasteiger partial charge in [-0.2, -0.15) is 13.2 Å². The molecule has 0 spiro atoms. The summed E-state index contributed by atoms with van der Waals surface area (Å²) >= 11 is 0. The fourth-order valence-electron chi connectivity index (χ4n) is 1.51. The van der Waals surface area contributed by atoms with Gasteiger partial charge in [0, 0.05) is 22.4 Å². The van der Waals surface area contributed by atoms with Crippen LogP contribution >= 0.6 is 0 Å². The third-order valence-electron chi connectivity index (χ3n) is 2.39. The minimum atomic E-state index is -4.40. The normalized spacial score (nSPS) is 10.9. The van der Waals surface area contributed by atoms with Crippen LogP contribution in [0.3, 0.4) is 0 Å². The fourth-order valence-corrected chi connectivity index (χ4v) is 1.51. The van der Waals surface area contributed by atoms with E-state index in [1.807, 2.05) is 0 Å². The van der Waals surface area contributed by atoms with E-state index in [9.17, 15) is 13.2 Å². The van der Waals surface area contributed by atoms with Gasteiger partial charge in [-0.15, -0.1) is 0 Å². The molecule has 4 nitrogen and oxygen atoms in total. The standard InChI is InChI=1S/C12H7F3N4/c13-12(14,15)9-4-5-11(17-7-9)8-2-1-3-10(6-8)18-19-16/h1-7H. The van der Waals surface area contributed by atoms with Crippen LogP contribution in [0, 0.1) is 0 Å². The highest BCUT2D eigenvalue weighted by atomic mass is 19.4. The molecule has 2 aromatic rings. The second-order valence-corrected chi connectivity index (χ2v) is 3.67. The van der Waals surface area contributed by atoms with E-state index in [0.29, 0.717) is 16.9 Å². The van der Waals surface area contributed by atoms with Crippen LogP contribution in [-0.4, -0.2) is 4.98 Å². The quantitative estimate of drug-likeness (QED) is 0.440. The number of halogens is 3. The summed E-state index contributed by atoms with van der Waals surface area (Å²) in [5, 5.41) is 3.42. The molecule has 0 radical (unpaired) electrons. The van der Waals surface area contributed by atoms with Gasteiger partial charge in [-0.1, -0.05) is 23.3 Å². The van der Waals surface area contributed by atoms with Crippen molar-refractivity contribution in [2.45, 2.75) is 6.18 Å². The number of aromatic nitrogens is 1. The van der Waals surface area contributed by atoms with Gasteiger partial charge in [-0.05, 0) is 23.7 Å². The second kappa shape index (κ2) is 4.99. The van der Waals surface area contributed by atoms with Crippen molar-refractivity contribution < 1.29 is 13.2 Å². The summed E-state index contributed by atoms with van der Waals surface area (Å²) in [5.41, 5.74) is 8.86. The topological polar surface area (TPSA) is 61.7 Å². The maximum atomic E-state index is 12.4. The summed E-state index contributed by atoms with van der Waals surface area (Å²) in [6.07, 6.45) is -3.63. The van der Waals surface area contributed by atoms with Crippen molar-refractivity contribution in [3.05, 3.63) is 58.6 Å². The van der Waals surface area contributed by atoms with Crippen molar-refractivity contribution in [3.8, 4) is 11.3 Å². The van der Waals surface area contributed by atoms with Crippen LogP contribution in [0.4, 0.5) is 18.9 Å². The Morgan fingerprint density at radius 1 is 1.16 bits per heavy atom. The summed E-state index contributed by atoms with van der Waals surface area (Å²) in [6, 6.07) is 8.69. The smallest absolute Gasteiger partial charge is 0.256 e. The molecule has 2 rings (SSSR count). The Kier molecular flexibility index (Phi) is 3.39. The lowest BCUT2D eigenvalue weighted by Gasteiger charge is -2.07. The van der Waals surface area contributed by atoms with Crippen molar-refractivity contribution in [2.24, 2.45) is 5.11 Å². The van der Waals surface area contributed by atoms with E-state index < -0.39 is 11.7 Å². The molecule has 0 atom stereocenters. The molecule has 0 aliphatic rings. The number of benzene rings is 1. The molecule has 96 valence electrons. The molecule has 1 aromatic carbocycles. The van der Waals surface area contributed by atoms with E-state index >= 15 is 0 Å². The van der Waals surface area contributed by atoms with Crippen LogP contribution in [-0.2, 0) is 6.18 Å². The minimum Gasteiger partial charge on any atom is -0.256 e. The SMILES string of the molecule is [N-]=[N+]=Nc1cccc(-c2ccc(C(F)(F)F)cn2)c1. The molecule has 0 aliphatic carbocycles. The van der Waals surface area contributed by atoms with E-state index in [1.54, 1.807) is 24.3 Å². The van der Waals surface area contributed by atoms with Gasteiger partial charge >= 0.3 is 6.18 Å². The van der Waals surface area contributed by atoms with Gasteiger partial charge in [0.2, 0.25) is 0 Å². The summed E-state index contributed by atoms with van der Waals surface area (Å²) < 4.78 is 37.2. The van der Waals surface area contributed by atoms with Crippen molar-refractivity contribution in [2.75, 3.05) is 0 Å². The monoisotopic (exact) mass is 264 g/mol. The van der Waals surface area contributed by atoms with Crippen molar-refractivity contribution >= 4 is 5.69 Å². The minimum absolute atomic E-state index is 0.377. The van der Waals surface area contributed by atoms with E-state index in [4.69, 9.17) is 5.53 Å². The highest BCUT2D eigenvalue weighted by Gasteiger charge is 2.30. The Morgan fingerprint density at radius 3 is 2.53 bits per heavy atom. The number of hydrogen-bond acceptors (Lipinski definition) is 2. The highest BCUT2D eigenvalue weighted by molar-refractivity contribution is 5.63. The number of alkyl halides is 3. The molecule has 0 bridgehead atoms. The number of azide groups is 1. The molecular weight excluding hydrogens is 257 g/mol. The zero-order chi connectivity index (χ0) is 13.9. The number of rotatable bonds is 2. The van der Waals surface area contributed by atoms with Crippen LogP contribution in [0.1, 0.15) is 5.56 Å². The lowest BCUT2D eigenvalue weighted by molar-refractivity contribution is -0.137. The zero-order valence-electron chi connectivity index (χ0n) is 9.46. The van der Waals surface area contributed by atoms with Gasteiger partial charge in [0.1, 0.15) is 0 Å². The zero-order valence-corrected chi connectivity index (χ0v) is 9.46. The van der Waals surface area contributed by atoms with E-state index in [1.165, 1.54) is 6.07 Å². The molecule has 0 saturated carbocycles. The maximum absolute atomic E-state index is 12.4. The van der Waals surface area contributed by atoms with Crippen LogP contribution < -0.4 is 0 Å². The van der Waals surface area contributed by atoms with E-state index in [2.05, 4.69) is 15.0 Å². The number of hydrogen-bond donors (Lipinski definition) is 0. The average molecular weight is 264 g/mol. The first-order chi connectivity index (χ1) is 9.00. The van der Waals surface area contributed by atoms with Gasteiger partial charge in [0.15, 0.2) is 0 Å². The molecule has 1 heterocycles. The summed E-state index contributed by atoms with van der Waals surface area (Å²) in [5.74, 6) is 0. The molecule has 0 fully saturated rings. The maximum Gasteiger partial charge on any atom is 0.417 e. The number of pyridine rings is 1. The third-order valence-corrected chi connectivity index (χ3v) is 2.39. The highest BCUT2D eigenvalue weighted by Crippen LogP contribution is 2.30. The molecule has 0 amide bonds. The van der Waals surface area contributed by atoms with Crippen molar-refractivity contribution in [1.82, 2.24) is 4.98 Å². The molecule has 19 heavy (non-hydrogen) atoms. The van der Waals surface area contributed by atoms with E-state index in [0.717, 1.165) is 12.3 Å². The van der Waals surface area contributed by atoms with Crippen molar-refractivity contribution in [1.29, 1.82) is 0 Å². The van der Waals surface area contributed by atoms with Gasteiger partial charge in [-0.3, -0.25) is 4.98 Å². The lowest BCUT2D eigenvalue weighted by atomic mass is 10.1. The molecule has 0 unspecified atom stereocenters. The summed E-state index contributed by atoms with van der Waals surface area (Å²) in [4.78, 5) is 6.40. The van der Waals surface area contributed by atoms with Gasteiger partial charge in [0.25, 0.3) is 0 Å². The Hall–Kier alpha value is -2.53. The Labute approximate surface area is 106 Å². The first-order valence-corrected chi connectivity index (χ1v) is 5.19. The van der Waals surface area contributed by atoms with E-state index in [-0.39, 0.29) is 0 Å². The van der Waals surface area contributed by atoms with Crippen molar-refractivity contribution in [3.63, 3.8) is 0 Å². The van der Waals surface area contributed by atoms with Crippen LogP contribution in [0.15, 0.2) is 47.7 Å². The van der Waals surface area contributed by atoms with Gasteiger partial charge in [0.05, 0.1) is 11.3 Å². The third kappa shape index (κ3) is 3.02.